The molecule has 4 nitrogen and oxygen atoms in total. The second kappa shape index (κ2) is 14.3. The summed E-state index contributed by atoms with van der Waals surface area (Å²) in [6.45, 7) is 23.7. The van der Waals surface area contributed by atoms with E-state index in [0.717, 1.165) is 25.0 Å². The van der Waals surface area contributed by atoms with Gasteiger partial charge in [-0.2, -0.15) is 8.42 Å². The fraction of sp³-hybridized carbons (Fsp3) is 0.625. The molecule has 2 aromatic carbocycles. The highest BCUT2D eigenvalue weighted by atomic mass is 32.2. The summed E-state index contributed by atoms with van der Waals surface area (Å²) in [5.74, 6) is 1.06. The molecule has 216 valence electrons. The molecular formula is C32H53O4PS. The molecule has 0 aliphatic heterocycles. The summed E-state index contributed by atoms with van der Waals surface area (Å²) in [5.41, 5.74) is 8.91. The Hall–Kier alpha value is -1.42. The summed E-state index contributed by atoms with van der Waals surface area (Å²) in [4.78, 5) is 0. The van der Waals surface area contributed by atoms with E-state index < -0.39 is 18.0 Å². The quantitative estimate of drug-likeness (QED) is 0.244. The molecule has 0 radical (unpaired) electrons. The third-order valence-electron chi connectivity index (χ3n) is 6.32. The van der Waals surface area contributed by atoms with Gasteiger partial charge >= 0.3 is 0 Å². The van der Waals surface area contributed by atoms with Gasteiger partial charge in [-0.15, -0.1) is 0 Å². The van der Waals surface area contributed by atoms with E-state index in [9.17, 15) is 8.42 Å². The third-order valence-corrected chi connectivity index (χ3v) is 9.90. The van der Waals surface area contributed by atoms with Crippen molar-refractivity contribution in [1.29, 1.82) is 0 Å². The number of aryl methyl sites for hydroxylation is 4. The van der Waals surface area contributed by atoms with Crippen LogP contribution in [0.5, 0.6) is 5.75 Å². The second-order valence-corrected chi connectivity index (χ2v) is 17.5. The van der Waals surface area contributed by atoms with Crippen molar-refractivity contribution in [1.82, 2.24) is 0 Å². The minimum Gasteiger partial charge on any atom is -0.496 e. The first-order chi connectivity index (χ1) is 17.4. The van der Waals surface area contributed by atoms with Gasteiger partial charge in [-0.3, -0.25) is 4.55 Å². The SMILES string of the molecule is CCCc1cc(CCC)c(-c2c(C)ccc(OC)c2P(C(C)(C)C)C(C)(C)C)c(CCC)c1.CS(=O)(=O)O. The average Bonchev–Trinajstić information content (AvgIpc) is 2.73. The van der Waals surface area contributed by atoms with E-state index in [1.54, 1.807) is 0 Å². The molecule has 0 atom stereocenters. The number of benzene rings is 2. The minimum absolute atomic E-state index is 0.168. The molecule has 0 aliphatic rings. The molecule has 0 saturated heterocycles. The van der Waals surface area contributed by atoms with Crippen molar-refractivity contribution in [2.45, 2.75) is 118 Å². The second-order valence-electron chi connectivity index (χ2n) is 12.3. The van der Waals surface area contributed by atoms with Crippen LogP contribution in [-0.4, -0.2) is 36.6 Å². The maximum Gasteiger partial charge on any atom is 0.261 e. The normalized spacial score (nSPS) is 12.4. The Morgan fingerprint density at radius 1 is 0.816 bits per heavy atom. The van der Waals surface area contributed by atoms with E-state index in [4.69, 9.17) is 9.29 Å². The van der Waals surface area contributed by atoms with Crippen molar-refractivity contribution in [3.05, 3.63) is 46.5 Å². The van der Waals surface area contributed by atoms with Crippen molar-refractivity contribution in [2.75, 3.05) is 13.4 Å². The molecule has 0 fully saturated rings. The van der Waals surface area contributed by atoms with Crippen LogP contribution in [0.3, 0.4) is 0 Å². The first-order valence-electron chi connectivity index (χ1n) is 14.0. The van der Waals surface area contributed by atoms with Crippen LogP contribution in [0.1, 0.15) is 104 Å². The summed E-state index contributed by atoms with van der Waals surface area (Å²) < 4.78 is 32.0. The molecule has 0 unspecified atom stereocenters. The van der Waals surface area contributed by atoms with Crippen molar-refractivity contribution in [3.63, 3.8) is 0 Å². The van der Waals surface area contributed by atoms with Crippen molar-refractivity contribution in [2.24, 2.45) is 0 Å². The average molecular weight is 565 g/mol. The zero-order chi connectivity index (χ0) is 29.5. The molecule has 2 rings (SSSR count). The smallest absolute Gasteiger partial charge is 0.261 e. The largest absolute Gasteiger partial charge is 0.496 e. The van der Waals surface area contributed by atoms with Gasteiger partial charge in [0.2, 0.25) is 0 Å². The van der Waals surface area contributed by atoms with Crippen molar-refractivity contribution in [3.8, 4) is 16.9 Å². The van der Waals surface area contributed by atoms with Gasteiger partial charge in [-0.25, -0.2) is 0 Å². The number of rotatable bonds is 9. The number of ether oxygens (including phenoxy) is 1. The van der Waals surface area contributed by atoms with Crippen molar-refractivity contribution < 1.29 is 17.7 Å². The molecule has 0 aromatic heterocycles. The number of hydrogen-bond donors (Lipinski definition) is 1. The lowest BCUT2D eigenvalue weighted by Crippen LogP contribution is -2.33. The monoisotopic (exact) mass is 564 g/mol. The maximum absolute atomic E-state index is 9.19. The van der Waals surface area contributed by atoms with Crippen LogP contribution in [-0.2, 0) is 29.4 Å². The Kier molecular flexibility index (Phi) is 13.0. The highest BCUT2D eigenvalue weighted by molar-refractivity contribution is 7.85. The van der Waals surface area contributed by atoms with Gasteiger partial charge < -0.3 is 4.74 Å². The van der Waals surface area contributed by atoms with Gasteiger partial charge in [-0.1, -0.05) is 108 Å². The Bertz CT molecular complexity index is 1110. The van der Waals surface area contributed by atoms with E-state index in [1.807, 2.05) is 7.11 Å². The zero-order valence-electron chi connectivity index (χ0n) is 26.1. The van der Waals surface area contributed by atoms with E-state index in [2.05, 4.69) is 93.5 Å². The molecule has 0 spiro atoms. The van der Waals surface area contributed by atoms with Crippen LogP contribution in [0.2, 0.25) is 0 Å². The topological polar surface area (TPSA) is 63.6 Å². The highest BCUT2D eigenvalue weighted by Gasteiger charge is 2.40. The Labute approximate surface area is 235 Å². The first-order valence-corrected chi connectivity index (χ1v) is 17.1. The van der Waals surface area contributed by atoms with E-state index in [-0.39, 0.29) is 10.3 Å². The summed E-state index contributed by atoms with van der Waals surface area (Å²) in [6.07, 6.45) is 7.66. The van der Waals surface area contributed by atoms with Gasteiger partial charge in [0.25, 0.3) is 10.1 Å². The first kappa shape index (κ1) is 34.6. The summed E-state index contributed by atoms with van der Waals surface area (Å²) in [7, 11) is -2.33. The number of methoxy groups -OCH3 is 1. The summed E-state index contributed by atoms with van der Waals surface area (Å²) in [5, 5.41) is 1.80. The molecule has 0 heterocycles. The predicted molar refractivity (Wildman–Crippen MR) is 169 cm³/mol. The van der Waals surface area contributed by atoms with Crippen LogP contribution in [0, 0.1) is 6.92 Å². The summed E-state index contributed by atoms with van der Waals surface area (Å²) >= 11 is 0. The molecule has 0 aliphatic carbocycles. The standard InChI is InChI=1S/C31H49OP.CH4O3S/c1-12-15-23-20-24(16-13-2)28(25(21-23)17-14-3)27-22(4)18-19-26(32-11)29(27)33(30(5,6)7)31(8,9)10;1-5(2,3)4/h18-21H,12-17H2,1-11H3;1H3,(H,2,3,4). The lowest BCUT2D eigenvalue weighted by Gasteiger charge is -2.43. The van der Waals surface area contributed by atoms with E-state index in [1.165, 1.54) is 57.9 Å². The highest BCUT2D eigenvalue weighted by Crippen LogP contribution is 2.61. The van der Waals surface area contributed by atoms with Crippen molar-refractivity contribution >= 4 is 23.3 Å². The van der Waals surface area contributed by atoms with Gasteiger partial charge in [-0.05, 0) is 75.9 Å². The Morgan fingerprint density at radius 3 is 1.58 bits per heavy atom. The summed E-state index contributed by atoms with van der Waals surface area (Å²) in [6, 6.07) is 9.52. The molecule has 0 saturated carbocycles. The van der Waals surface area contributed by atoms with E-state index >= 15 is 0 Å². The van der Waals surface area contributed by atoms with Gasteiger partial charge in [0.1, 0.15) is 5.75 Å². The van der Waals surface area contributed by atoms with Gasteiger partial charge in [0.05, 0.1) is 13.4 Å². The lowest BCUT2D eigenvalue weighted by molar-refractivity contribution is 0.418. The molecular weight excluding hydrogens is 511 g/mol. The molecule has 0 bridgehead atoms. The van der Waals surface area contributed by atoms with Gasteiger partial charge in [0, 0.05) is 5.30 Å². The molecule has 0 amide bonds. The molecule has 6 heteroatoms. The maximum atomic E-state index is 9.19. The molecule has 38 heavy (non-hydrogen) atoms. The van der Waals surface area contributed by atoms with Crippen LogP contribution >= 0.6 is 7.92 Å². The van der Waals surface area contributed by atoms with Crippen LogP contribution in [0.25, 0.3) is 11.1 Å². The Morgan fingerprint density at radius 2 is 1.24 bits per heavy atom. The number of hydrogen-bond acceptors (Lipinski definition) is 3. The van der Waals surface area contributed by atoms with Crippen LogP contribution < -0.4 is 10.0 Å². The molecule has 2 aromatic rings. The van der Waals surface area contributed by atoms with Crippen LogP contribution in [0.15, 0.2) is 24.3 Å². The fourth-order valence-corrected chi connectivity index (χ4v) is 9.83. The third kappa shape index (κ3) is 9.96. The fourth-order valence-electron chi connectivity index (χ4n) is 5.58. The Balaban J connectivity index is 0.00000132. The van der Waals surface area contributed by atoms with Gasteiger partial charge in [0.15, 0.2) is 0 Å². The van der Waals surface area contributed by atoms with Crippen LogP contribution in [0.4, 0.5) is 0 Å². The predicted octanol–water partition coefficient (Wildman–Crippen LogP) is 8.74. The lowest BCUT2D eigenvalue weighted by atomic mass is 9.85. The molecule has 1 N–H and O–H groups in total. The minimum atomic E-state index is -3.67. The van der Waals surface area contributed by atoms with E-state index in [0.29, 0.717) is 6.26 Å². The zero-order valence-corrected chi connectivity index (χ0v) is 27.8.